The van der Waals surface area contributed by atoms with Crippen molar-refractivity contribution in [3.05, 3.63) is 0 Å². The molecule has 1 heterocycles. The molecule has 1 saturated carbocycles. The summed E-state index contributed by atoms with van der Waals surface area (Å²) in [5.74, 6) is 0.228. The van der Waals surface area contributed by atoms with Crippen molar-refractivity contribution in [2.24, 2.45) is 0 Å². The lowest BCUT2D eigenvalue weighted by molar-refractivity contribution is -0.123. The molecule has 0 spiro atoms. The number of hydrogen-bond donors (Lipinski definition) is 1. The third-order valence-electron chi connectivity index (χ3n) is 4.27. The van der Waals surface area contributed by atoms with Crippen molar-refractivity contribution in [3.63, 3.8) is 0 Å². The van der Waals surface area contributed by atoms with E-state index < -0.39 is 0 Å². The Bertz CT molecular complexity index is 281. The first-order valence-electron chi connectivity index (χ1n) is 7.43. The molecule has 0 aromatic heterocycles. The number of carbonyl (C=O) groups is 1. The van der Waals surface area contributed by atoms with Crippen molar-refractivity contribution in [3.8, 4) is 0 Å². The van der Waals surface area contributed by atoms with Crippen LogP contribution in [0.1, 0.15) is 39.5 Å². The zero-order valence-electron chi connectivity index (χ0n) is 11.9. The van der Waals surface area contributed by atoms with E-state index in [-0.39, 0.29) is 11.4 Å². The molecule has 2 fully saturated rings. The summed E-state index contributed by atoms with van der Waals surface area (Å²) < 4.78 is 0. The summed E-state index contributed by atoms with van der Waals surface area (Å²) in [6, 6.07) is 0. The van der Waals surface area contributed by atoms with E-state index in [0.717, 1.165) is 45.6 Å². The average Bonchev–Trinajstić information content (AvgIpc) is 3.10. The molecule has 0 aromatic rings. The van der Waals surface area contributed by atoms with Gasteiger partial charge in [0.2, 0.25) is 5.91 Å². The highest BCUT2D eigenvalue weighted by atomic mass is 16.2. The number of nitrogens with zero attached hydrogens (tertiary/aromatic N) is 2. The van der Waals surface area contributed by atoms with Crippen molar-refractivity contribution in [1.29, 1.82) is 0 Å². The first-order valence-corrected chi connectivity index (χ1v) is 7.43. The van der Waals surface area contributed by atoms with Gasteiger partial charge in [-0.25, -0.2) is 0 Å². The quantitative estimate of drug-likeness (QED) is 0.769. The third-order valence-corrected chi connectivity index (χ3v) is 4.27. The van der Waals surface area contributed by atoms with Gasteiger partial charge in [-0.3, -0.25) is 9.69 Å². The summed E-state index contributed by atoms with van der Waals surface area (Å²) in [6.07, 6.45) is 4.66. The van der Waals surface area contributed by atoms with Crippen LogP contribution in [0.15, 0.2) is 0 Å². The number of carbonyl (C=O) groups excluding carboxylic acids is 1. The molecule has 0 bridgehead atoms. The summed E-state index contributed by atoms with van der Waals surface area (Å²) in [4.78, 5) is 16.7. The van der Waals surface area contributed by atoms with Crippen LogP contribution in [-0.4, -0.2) is 60.5 Å². The van der Waals surface area contributed by atoms with Crippen LogP contribution in [0.4, 0.5) is 0 Å². The van der Waals surface area contributed by atoms with Gasteiger partial charge in [0, 0.05) is 31.7 Å². The predicted octanol–water partition coefficient (Wildman–Crippen LogP) is 1.07. The van der Waals surface area contributed by atoms with E-state index >= 15 is 0 Å². The summed E-state index contributed by atoms with van der Waals surface area (Å²) in [5.41, 5.74) is 0.178. The number of nitrogens with one attached hydrogen (secondary N) is 1. The van der Waals surface area contributed by atoms with Gasteiger partial charge in [-0.15, -0.1) is 0 Å². The lowest BCUT2D eigenvalue weighted by Crippen LogP contribution is -2.50. The van der Waals surface area contributed by atoms with Crippen LogP contribution in [-0.2, 0) is 4.79 Å². The maximum atomic E-state index is 12.0. The topological polar surface area (TPSA) is 35.6 Å². The van der Waals surface area contributed by atoms with Crippen LogP contribution in [0.5, 0.6) is 0 Å². The highest BCUT2D eigenvalue weighted by Crippen LogP contribution is 2.39. The van der Waals surface area contributed by atoms with Crippen molar-refractivity contribution in [2.75, 3.05) is 39.3 Å². The lowest BCUT2D eigenvalue weighted by atomic mass is 10.1. The summed E-state index contributed by atoms with van der Waals surface area (Å²) >= 11 is 0. The van der Waals surface area contributed by atoms with Crippen LogP contribution >= 0.6 is 0 Å². The van der Waals surface area contributed by atoms with Gasteiger partial charge >= 0.3 is 0 Å². The van der Waals surface area contributed by atoms with Crippen molar-refractivity contribution >= 4 is 5.91 Å². The molecular formula is C14H27N3O. The van der Waals surface area contributed by atoms with Crippen LogP contribution in [0, 0.1) is 0 Å². The van der Waals surface area contributed by atoms with Gasteiger partial charge in [-0.1, -0.05) is 20.3 Å². The molecule has 1 amide bonds. The summed E-state index contributed by atoms with van der Waals surface area (Å²) in [5, 5.41) is 3.25. The summed E-state index contributed by atoms with van der Waals surface area (Å²) in [7, 11) is 0. The largest absolute Gasteiger partial charge is 0.350 e. The van der Waals surface area contributed by atoms with E-state index in [9.17, 15) is 4.79 Å². The minimum atomic E-state index is 0.178. The molecule has 1 aliphatic heterocycles. The molecule has 18 heavy (non-hydrogen) atoms. The van der Waals surface area contributed by atoms with E-state index in [0.29, 0.717) is 6.54 Å². The lowest BCUT2D eigenvalue weighted by Gasteiger charge is -2.33. The molecule has 0 atom stereocenters. The van der Waals surface area contributed by atoms with E-state index in [2.05, 4.69) is 29.0 Å². The molecule has 104 valence electrons. The van der Waals surface area contributed by atoms with Gasteiger partial charge in [-0.2, -0.15) is 0 Å². The number of likely N-dealkylation sites (N-methyl/N-ethyl adjacent to an activating group) is 1. The smallest absolute Gasteiger partial charge is 0.234 e. The molecule has 4 heteroatoms. The van der Waals surface area contributed by atoms with E-state index in [1.165, 1.54) is 12.8 Å². The normalized spacial score (nSPS) is 23.9. The fraction of sp³-hybridized carbons (Fsp3) is 0.929. The molecule has 0 aromatic carbocycles. The van der Waals surface area contributed by atoms with E-state index in [4.69, 9.17) is 0 Å². The fourth-order valence-corrected chi connectivity index (χ4v) is 2.87. The minimum Gasteiger partial charge on any atom is -0.350 e. The Morgan fingerprint density at radius 2 is 1.72 bits per heavy atom. The standard InChI is InChI=1S/C14H27N3O/c1-3-5-14(6-7-14)15-13(18)12-17-10-8-16(4-2)9-11-17/h3-12H2,1-2H3,(H,15,18). The Kier molecular flexibility index (Phi) is 4.62. The minimum absolute atomic E-state index is 0.178. The molecule has 0 unspecified atom stereocenters. The number of hydrogen-bond acceptors (Lipinski definition) is 3. The first-order chi connectivity index (χ1) is 8.67. The molecule has 0 radical (unpaired) electrons. The van der Waals surface area contributed by atoms with E-state index in [1.54, 1.807) is 0 Å². The Balaban J connectivity index is 1.69. The zero-order chi connectivity index (χ0) is 13.0. The number of piperazine rings is 1. The second kappa shape index (κ2) is 6.02. The molecule has 2 rings (SSSR count). The van der Waals surface area contributed by atoms with Gasteiger partial charge in [0.05, 0.1) is 6.54 Å². The van der Waals surface area contributed by atoms with Crippen molar-refractivity contribution < 1.29 is 4.79 Å². The number of rotatable bonds is 6. The Labute approximate surface area is 111 Å². The SMILES string of the molecule is CCCC1(NC(=O)CN2CCN(CC)CC2)CC1. The summed E-state index contributed by atoms with van der Waals surface area (Å²) in [6.45, 7) is 10.4. The van der Waals surface area contributed by atoms with Gasteiger partial charge in [0.1, 0.15) is 0 Å². The van der Waals surface area contributed by atoms with Crippen molar-refractivity contribution in [1.82, 2.24) is 15.1 Å². The molecular weight excluding hydrogens is 226 g/mol. The monoisotopic (exact) mass is 253 g/mol. The maximum absolute atomic E-state index is 12.0. The van der Waals surface area contributed by atoms with Crippen LogP contribution < -0.4 is 5.32 Å². The van der Waals surface area contributed by atoms with Gasteiger partial charge in [0.15, 0.2) is 0 Å². The predicted molar refractivity (Wildman–Crippen MR) is 73.6 cm³/mol. The Hall–Kier alpha value is -0.610. The van der Waals surface area contributed by atoms with Crippen LogP contribution in [0.25, 0.3) is 0 Å². The fourth-order valence-electron chi connectivity index (χ4n) is 2.87. The van der Waals surface area contributed by atoms with Gasteiger partial charge < -0.3 is 10.2 Å². The second-order valence-corrected chi connectivity index (χ2v) is 5.79. The first kappa shape index (κ1) is 13.8. The Morgan fingerprint density at radius 3 is 2.22 bits per heavy atom. The average molecular weight is 253 g/mol. The molecule has 2 aliphatic rings. The van der Waals surface area contributed by atoms with Crippen LogP contribution in [0.2, 0.25) is 0 Å². The van der Waals surface area contributed by atoms with Crippen LogP contribution in [0.3, 0.4) is 0 Å². The molecule has 1 saturated heterocycles. The highest BCUT2D eigenvalue weighted by molar-refractivity contribution is 5.79. The molecule has 4 nitrogen and oxygen atoms in total. The maximum Gasteiger partial charge on any atom is 0.234 e. The molecule has 1 N–H and O–H groups in total. The van der Waals surface area contributed by atoms with E-state index in [1.807, 2.05) is 0 Å². The zero-order valence-corrected chi connectivity index (χ0v) is 11.9. The van der Waals surface area contributed by atoms with Crippen molar-refractivity contribution in [2.45, 2.75) is 45.1 Å². The molecule has 1 aliphatic carbocycles. The third kappa shape index (κ3) is 3.69. The van der Waals surface area contributed by atoms with Gasteiger partial charge in [0.25, 0.3) is 0 Å². The highest BCUT2D eigenvalue weighted by Gasteiger charge is 2.42. The second-order valence-electron chi connectivity index (χ2n) is 5.79. The number of amides is 1. The Morgan fingerprint density at radius 1 is 1.11 bits per heavy atom. The van der Waals surface area contributed by atoms with Gasteiger partial charge in [-0.05, 0) is 25.8 Å².